The second-order valence-corrected chi connectivity index (χ2v) is 5.34. The number of carbonyl (C=O) groups excluding carboxylic acids is 1. The van der Waals surface area contributed by atoms with Gasteiger partial charge in [0.25, 0.3) is 5.91 Å². The summed E-state index contributed by atoms with van der Waals surface area (Å²) in [5, 5.41) is 14.9. The summed E-state index contributed by atoms with van der Waals surface area (Å²) in [6.07, 6.45) is 8.65. The largest absolute Gasteiger partial charge is 0.349 e. The molecule has 0 spiro atoms. The number of carbonyl (C=O) groups is 1. The van der Waals surface area contributed by atoms with Crippen LogP contribution < -0.4 is 10.6 Å². The van der Waals surface area contributed by atoms with Crippen molar-refractivity contribution in [1.29, 1.82) is 5.26 Å². The number of pyridine rings is 1. The van der Waals surface area contributed by atoms with Crippen LogP contribution in [0.1, 0.15) is 37.7 Å². The van der Waals surface area contributed by atoms with Crippen molar-refractivity contribution < 1.29 is 4.79 Å². The molecule has 2 N–H and O–H groups in total. The Kier molecular flexibility index (Phi) is 5.33. The van der Waals surface area contributed by atoms with Gasteiger partial charge >= 0.3 is 0 Å². The molecule has 0 bridgehead atoms. The van der Waals surface area contributed by atoms with Crippen molar-refractivity contribution in [2.24, 2.45) is 0 Å². The number of aromatic nitrogens is 1. The number of anilines is 1. The highest BCUT2D eigenvalue weighted by molar-refractivity contribution is 5.97. The lowest BCUT2D eigenvalue weighted by atomic mass is 9.95. The van der Waals surface area contributed by atoms with Crippen LogP contribution in [0.2, 0.25) is 0 Å². The minimum Gasteiger partial charge on any atom is -0.349 e. The molecule has 1 aromatic rings. The Morgan fingerprint density at radius 1 is 1.38 bits per heavy atom. The summed E-state index contributed by atoms with van der Waals surface area (Å²) in [5.41, 5.74) is 1.13. The van der Waals surface area contributed by atoms with E-state index in [1.165, 1.54) is 12.6 Å². The zero-order valence-electron chi connectivity index (χ0n) is 12.2. The molecule has 0 unspecified atom stereocenters. The third kappa shape index (κ3) is 4.60. The molecule has 1 aromatic heterocycles. The topological polar surface area (TPSA) is 77.8 Å². The van der Waals surface area contributed by atoms with E-state index in [1.54, 1.807) is 12.3 Å². The molecule has 0 saturated heterocycles. The highest BCUT2D eigenvalue weighted by Gasteiger charge is 2.17. The van der Waals surface area contributed by atoms with Crippen LogP contribution in [0.15, 0.2) is 30.1 Å². The van der Waals surface area contributed by atoms with Crippen LogP contribution in [0, 0.1) is 18.3 Å². The van der Waals surface area contributed by atoms with Crippen LogP contribution in [0.4, 0.5) is 5.82 Å². The molecular formula is C16H20N4O. The van der Waals surface area contributed by atoms with E-state index < -0.39 is 0 Å². The van der Waals surface area contributed by atoms with Crippen molar-refractivity contribution in [3.8, 4) is 6.07 Å². The van der Waals surface area contributed by atoms with Crippen molar-refractivity contribution >= 4 is 11.7 Å². The van der Waals surface area contributed by atoms with Gasteiger partial charge in [-0.1, -0.05) is 25.3 Å². The van der Waals surface area contributed by atoms with E-state index in [4.69, 9.17) is 5.26 Å². The third-order valence-corrected chi connectivity index (χ3v) is 3.58. The normalized spacial score (nSPS) is 16.1. The van der Waals surface area contributed by atoms with Gasteiger partial charge in [0.15, 0.2) is 0 Å². The van der Waals surface area contributed by atoms with Crippen molar-refractivity contribution in [1.82, 2.24) is 10.3 Å². The van der Waals surface area contributed by atoms with E-state index in [0.717, 1.165) is 31.2 Å². The van der Waals surface area contributed by atoms with E-state index in [2.05, 4.69) is 15.6 Å². The third-order valence-electron chi connectivity index (χ3n) is 3.58. The van der Waals surface area contributed by atoms with Gasteiger partial charge < -0.3 is 10.6 Å². The van der Waals surface area contributed by atoms with E-state index in [0.29, 0.717) is 5.82 Å². The molecule has 1 fully saturated rings. The number of aryl methyl sites for hydroxylation is 1. The molecule has 21 heavy (non-hydrogen) atoms. The Labute approximate surface area is 125 Å². The number of hydrogen-bond donors (Lipinski definition) is 2. The average Bonchev–Trinajstić information content (AvgIpc) is 2.51. The van der Waals surface area contributed by atoms with E-state index >= 15 is 0 Å². The summed E-state index contributed by atoms with van der Waals surface area (Å²) in [7, 11) is 0. The molecule has 2 rings (SSSR count). The summed E-state index contributed by atoms with van der Waals surface area (Å²) in [6.45, 7) is 1.95. The Bertz CT molecular complexity index is 551. The van der Waals surface area contributed by atoms with Crippen molar-refractivity contribution in [3.05, 3.63) is 35.7 Å². The molecule has 1 amide bonds. The van der Waals surface area contributed by atoms with E-state index in [-0.39, 0.29) is 17.5 Å². The predicted octanol–water partition coefficient (Wildman–Crippen LogP) is 2.66. The number of hydrogen-bond acceptors (Lipinski definition) is 4. The summed E-state index contributed by atoms with van der Waals surface area (Å²) < 4.78 is 0. The van der Waals surface area contributed by atoms with Crippen molar-refractivity contribution in [2.75, 3.05) is 5.32 Å². The van der Waals surface area contributed by atoms with Gasteiger partial charge in [-0.15, -0.1) is 0 Å². The van der Waals surface area contributed by atoms with Crippen molar-refractivity contribution in [2.45, 2.75) is 45.1 Å². The fourth-order valence-electron chi connectivity index (χ4n) is 2.36. The maximum Gasteiger partial charge on any atom is 0.263 e. The lowest BCUT2D eigenvalue weighted by molar-refractivity contribution is -0.118. The summed E-state index contributed by atoms with van der Waals surface area (Å²) >= 11 is 0. The number of rotatable bonds is 4. The monoisotopic (exact) mass is 284 g/mol. The maximum absolute atomic E-state index is 12.1. The summed E-state index contributed by atoms with van der Waals surface area (Å²) in [6, 6.07) is 5.85. The second-order valence-electron chi connectivity index (χ2n) is 5.34. The van der Waals surface area contributed by atoms with Gasteiger partial charge in [-0.05, 0) is 31.4 Å². The molecule has 1 saturated carbocycles. The SMILES string of the molecule is Cc1ccc(N/C=C(/C#N)C(=O)NC2CCCCC2)nc1. The van der Waals surface area contributed by atoms with Gasteiger partial charge in [-0.25, -0.2) is 4.98 Å². The fraction of sp³-hybridized carbons (Fsp3) is 0.438. The highest BCUT2D eigenvalue weighted by Crippen LogP contribution is 2.17. The number of nitrogens with zero attached hydrogens (tertiary/aromatic N) is 2. The number of nitriles is 1. The van der Waals surface area contributed by atoms with Crippen LogP contribution in [-0.2, 0) is 4.79 Å². The van der Waals surface area contributed by atoms with Gasteiger partial charge in [-0.2, -0.15) is 5.26 Å². The molecule has 110 valence electrons. The van der Waals surface area contributed by atoms with Crippen LogP contribution in [0.3, 0.4) is 0 Å². The zero-order valence-corrected chi connectivity index (χ0v) is 12.2. The van der Waals surface area contributed by atoms with E-state index in [9.17, 15) is 4.79 Å². The smallest absolute Gasteiger partial charge is 0.263 e. The summed E-state index contributed by atoms with van der Waals surface area (Å²) in [5.74, 6) is 0.294. The molecule has 5 heteroatoms. The zero-order chi connectivity index (χ0) is 15.1. The van der Waals surface area contributed by atoms with Crippen LogP contribution in [-0.4, -0.2) is 16.9 Å². The minimum absolute atomic E-state index is 0.0722. The quantitative estimate of drug-likeness (QED) is 0.658. The number of amides is 1. The average molecular weight is 284 g/mol. The first-order valence-electron chi connectivity index (χ1n) is 7.29. The van der Waals surface area contributed by atoms with Gasteiger partial charge in [0.2, 0.25) is 0 Å². The van der Waals surface area contributed by atoms with Gasteiger partial charge in [-0.3, -0.25) is 4.79 Å². The Morgan fingerprint density at radius 2 is 2.14 bits per heavy atom. The minimum atomic E-state index is -0.316. The Hall–Kier alpha value is -2.35. The predicted molar refractivity (Wildman–Crippen MR) is 81.3 cm³/mol. The Balaban J connectivity index is 1.94. The molecule has 0 atom stereocenters. The van der Waals surface area contributed by atoms with Gasteiger partial charge in [0.1, 0.15) is 17.5 Å². The van der Waals surface area contributed by atoms with Gasteiger partial charge in [0.05, 0.1) is 0 Å². The maximum atomic E-state index is 12.1. The molecule has 5 nitrogen and oxygen atoms in total. The first-order valence-corrected chi connectivity index (χ1v) is 7.29. The van der Waals surface area contributed by atoms with Gasteiger partial charge in [0, 0.05) is 18.4 Å². The second kappa shape index (κ2) is 7.44. The Morgan fingerprint density at radius 3 is 2.76 bits per heavy atom. The highest BCUT2D eigenvalue weighted by atomic mass is 16.1. The fourth-order valence-corrected chi connectivity index (χ4v) is 2.36. The molecule has 1 aliphatic carbocycles. The van der Waals surface area contributed by atoms with Crippen LogP contribution in [0.25, 0.3) is 0 Å². The molecule has 0 aromatic carbocycles. The molecular weight excluding hydrogens is 264 g/mol. The van der Waals surface area contributed by atoms with E-state index in [1.807, 2.05) is 19.1 Å². The number of nitrogens with one attached hydrogen (secondary N) is 2. The lowest BCUT2D eigenvalue weighted by Crippen LogP contribution is -2.37. The standard InChI is InChI=1S/C16H20N4O/c1-12-7-8-15(18-10-12)19-11-13(9-17)16(21)20-14-5-3-2-4-6-14/h7-8,10-11,14H,2-6H2,1H3,(H,18,19)(H,20,21)/b13-11-. The molecule has 1 aliphatic rings. The molecule has 0 radical (unpaired) electrons. The first-order chi connectivity index (χ1) is 10.2. The lowest BCUT2D eigenvalue weighted by Gasteiger charge is -2.22. The van der Waals surface area contributed by atoms with Crippen LogP contribution >= 0.6 is 0 Å². The molecule has 1 heterocycles. The van der Waals surface area contributed by atoms with Crippen LogP contribution in [0.5, 0.6) is 0 Å². The first kappa shape index (κ1) is 15.0. The summed E-state index contributed by atoms with van der Waals surface area (Å²) in [4.78, 5) is 16.2. The molecule has 0 aliphatic heterocycles. The van der Waals surface area contributed by atoms with Crippen molar-refractivity contribution in [3.63, 3.8) is 0 Å².